The minimum absolute atomic E-state index is 0.106. The highest BCUT2D eigenvalue weighted by atomic mass is 32.2. The van der Waals surface area contributed by atoms with Crippen molar-refractivity contribution in [3.63, 3.8) is 0 Å². The van der Waals surface area contributed by atoms with Crippen LogP contribution in [0.15, 0.2) is 89.8 Å². The molecule has 4 aromatic rings. The van der Waals surface area contributed by atoms with Crippen molar-refractivity contribution in [1.29, 1.82) is 0 Å². The number of amides is 1. The molecule has 0 aromatic heterocycles. The predicted octanol–water partition coefficient (Wildman–Crippen LogP) is 7.23. The van der Waals surface area contributed by atoms with E-state index in [2.05, 4.69) is 30.3 Å². The first-order valence-electron chi connectivity index (χ1n) is 12.3. The number of nitrogens with zero attached hydrogens (tertiary/aromatic N) is 1. The van der Waals surface area contributed by atoms with Crippen molar-refractivity contribution in [1.82, 2.24) is 4.90 Å². The van der Waals surface area contributed by atoms with E-state index in [1.165, 1.54) is 22.5 Å². The maximum Gasteiger partial charge on any atom is 0.266 e. The van der Waals surface area contributed by atoms with E-state index >= 15 is 0 Å². The van der Waals surface area contributed by atoms with Crippen LogP contribution >= 0.6 is 24.0 Å². The van der Waals surface area contributed by atoms with Gasteiger partial charge >= 0.3 is 0 Å². The average Bonchev–Trinajstić information content (AvgIpc) is 3.20. The van der Waals surface area contributed by atoms with E-state index in [9.17, 15) is 4.79 Å². The van der Waals surface area contributed by atoms with Crippen LogP contribution < -0.4 is 14.2 Å². The molecule has 0 radical (unpaired) electrons. The molecule has 1 heterocycles. The molecule has 4 aromatic carbocycles. The topological polar surface area (TPSA) is 48.0 Å². The number of methoxy groups -OCH3 is 1. The summed E-state index contributed by atoms with van der Waals surface area (Å²) in [5.41, 5.74) is 2.90. The number of hydrogen-bond acceptors (Lipinski definition) is 6. The van der Waals surface area contributed by atoms with E-state index in [4.69, 9.17) is 26.4 Å². The van der Waals surface area contributed by atoms with Crippen molar-refractivity contribution in [2.75, 3.05) is 13.7 Å². The zero-order valence-corrected chi connectivity index (χ0v) is 22.8. The van der Waals surface area contributed by atoms with Gasteiger partial charge in [0.1, 0.15) is 16.7 Å². The predicted molar refractivity (Wildman–Crippen MR) is 158 cm³/mol. The molecule has 1 saturated heterocycles. The van der Waals surface area contributed by atoms with Crippen LogP contribution in [0.25, 0.3) is 16.8 Å². The normalized spacial score (nSPS) is 14.4. The highest BCUT2D eigenvalue weighted by Crippen LogP contribution is 2.36. The van der Waals surface area contributed by atoms with Gasteiger partial charge in [0.05, 0.1) is 25.2 Å². The molecule has 0 bridgehead atoms. The Bertz CT molecular complexity index is 1510. The van der Waals surface area contributed by atoms with Gasteiger partial charge in [-0.1, -0.05) is 78.6 Å². The lowest BCUT2D eigenvalue weighted by Crippen LogP contribution is -2.27. The van der Waals surface area contributed by atoms with Crippen LogP contribution in [-0.2, 0) is 17.9 Å². The number of ether oxygens (including phenoxy) is 3. The molecule has 1 fully saturated rings. The van der Waals surface area contributed by atoms with Crippen molar-refractivity contribution in [3.8, 4) is 17.2 Å². The highest BCUT2D eigenvalue weighted by Gasteiger charge is 2.32. The van der Waals surface area contributed by atoms with Gasteiger partial charge < -0.3 is 14.2 Å². The van der Waals surface area contributed by atoms with Crippen LogP contribution in [0.3, 0.4) is 0 Å². The number of hydrogen-bond donors (Lipinski definition) is 0. The molecular formula is C31H27NO4S2. The third kappa shape index (κ3) is 5.85. The molecule has 1 aliphatic rings. The van der Waals surface area contributed by atoms with E-state index in [1.54, 1.807) is 12.0 Å². The quantitative estimate of drug-likeness (QED) is 0.165. The van der Waals surface area contributed by atoms with Crippen molar-refractivity contribution >= 4 is 51.1 Å². The molecule has 5 rings (SSSR count). The maximum atomic E-state index is 13.1. The average molecular weight is 542 g/mol. The molecule has 0 aliphatic carbocycles. The first kappa shape index (κ1) is 25.8. The molecule has 1 amide bonds. The SMILES string of the molecule is CCOc1cc(/C=C2\SC(=S)N(Cc3ccc(OC)cc3)C2=O)ccc1OCc1ccc2ccccc2c1. The Kier molecular flexibility index (Phi) is 7.96. The summed E-state index contributed by atoms with van der Waals surface area (Å²) in [5, 5.41) is 2.38. The summed E-state index contributed by atoms with van der Waals surface area (Å²) in [4.78, 5) is 15.3. The van der Waals surface area contributed by atoms with E-state index in [0.29, 0.717) is 40.5 Å². The summed E-state index contributed by atoms with van der Waals surface area (Å²) in [5.74, 6) is 1.96. The number of rotatable bonds is 9. The molecule has 1 aliphatic heterocycles. The van der Waals surface area contributed by atoms with Gasteiger partial charge in [0, 0.05) is 0 Å². The zero-order valence-electron chi connectivity index (χ0n) is 21.2. The number of benzene rings is 4. The summed E-state index contributed by atoms with van der Waals surface area (Å²) in [7, 11) is 1.63. The van der Waals surface area contributed by atoms with Gasteiger partial charge in [-0.3, -0.25) is 9.69 Å². The lowest BCUT2D eigenvalue weighted by Gasteiger charge is -2.15. The number of fused-ring (bicyclic) bond motifs is 1. The van der Waals surface area contributed by atoms with Gasteiger partial charge in [-0.2, -0.15) is 0 Å². The van der Waals surface area contributed by atoms with Gasteiger partial charge in [-0.05, 0) is 70.8 Å². The molecule has 0 N–H and O–H groups in total. The van der Waals surface area contributed by atoms with Crippen molar-refractivity contribution in [3.05, 3.63) is 107 Å². The Hall–Kier alpha value is -3.81. The monoisotopic (exact) mass is 541 g/mol. The Morgan fingerprint density at radius 3 is 2.39 bits per heavy atom. The Morgan fingerprint density at radius 1 is 0.868 bits per heavy atom. The van der Waals surface area contributed by atoms with Crippen molar-refractivity contribution in [2.24, 2.45) is 0 Å². The first-order chi connectivity index (χ1) is 18.5. The second kappa shape index (κ2) is 11.7. The van der Waals surface area contributed by atoms with Crippen LogP contribution in [0.5, 0.6) is 17.2 Å². The summed E-state index contributed by atoms with van der Waals surface area (Å²) < 4.78 is 17.8. The van der Waals surface area contributed by atoms with Gasteiger partial charge in [-0.25, -0.2) is 0 Å². The fourth-order valence-corrected chi connectivity index (χ4v) is 5.45. The Balaban J connectivity index is 1.30. The fourth-order valence-electron chi connectivity index (χ4n) is 4.19. The van der Waals surface area contributed by atoms with Gasteiger partial charge in [0.15, 0.2) is 11.5 Å². The van der Waals surface area contributed by atoms with Gasteiger partial charge in [-0.15, -0.1) is 0 Å². The number of carbonyl (C=O) groups excluding carboxylic acids is 1. The summed E-state index contributed by atoms with van der Waals surface area (Å²) in [6.07, 6.45) is 1.85. The third-order valence-electron chi connectivity index (χ3n) is 6.15. The Morgan fingerprint density at radius 2 is 1.63 bits per heavy atom. The van der Waals surface area contributed by atoms with E-state index in [-0.39, 0.29) is 5.91 Å². The molecule has 7 heteroatoms. The Labute approximate surface area is 232 Å². The van der Waals surface area contributed by atoms with Crippen molar-refractivity contribution < 1.29 is 19.0 Å². The number of carbonyl (C=O) groups is 1. The standard InChI is InChI=1S/C31H27NO4S2/c1-3-35-28-17-22(11-15-27(28)36-20-23-8-12-24-6-4-5-7-25(24)16-23)18-29-30(33)32(31(37)38-29)19-21-9-13-26(34-2)14-10-21/h4-18H,3,19-20H2,1-2H3/b29-18-. The smallest absolute Gasteiger partial charge is 0.266 e. The molecular weight excluding hydrogens is 514 g/mol. The molecule has 38 heavy (non-hydrogen) atoms. The summed E-state index contributed by atoms with van der Waals surface area (Å²) in [6.45, 7) is 3.27. The molecule has 0 atom stereocenters. The molecule has 192 valence electrons. The first-order valence-corrected chi connectivity index (χ1v) is 13.5. The lowest BCUT2D eigenvalue weighted by atomic mass is 10.1. The molecule has 0 unspecified atom stereocenters. The van der Waals surface area contributed by atoms with E-state index in [1.807, 2.05) is 67.6 Å². The number of thiocarbonyl (C=S) groups is 1. The summed E-state index contributed by atoms with van der Waals surface area (Å²) in [6, 6.07) is 27.9. The van der Waals surface area contributed by atoms with E-state index in [0.717, 1.165) is 22.4 Å². The van der Waals surface area contributed by atoms with Gasteiger partial charge in [0.2, 0.25) is 0 Å². The zero-order chi connectivity index (χ0) is 26.5. The largest absolute Gasteiger partial charge is 0.497 e. The second-order valence-corrected chi connectivity index (χ2v) is 10.4. The van der Waals surface area contributed by atoms with Crippen molar-refractivity contribution in [2.45, 2.75) is 20.1 Å². The van der Waals surface area contributed by atoms with Crippen LogP contribution in [0.2, 0.25) is 0 Å². The van der Waals surface area contributed by atoms with Gasteiger partial charge in [0.25, 0.3) is 5.91 Å². The minimum Gasteiger partial charge on any atom is -0.497 e. The maximum absolute atomic E-state index is 13.1. The van der Waals surface area contributed by atoms with Crippen LogP contribution in [0.4, 0.5) is 0 Å². The molecule has 0 spiro atoms. The minimum atomic E-state index is -0.106. The molecule has 5 nitrogen and oxygen atoms in total. The highest BCUT2D eigenvalue weighted by molar-refractivity contribution is 8.26. The fraction of sp³-hybridized carbons (Fsp3) is 0.161. The van der Waals surface area contributed by atoms with Crippen LogP contribution in [-0.4, -0.2) is 28.8 Å². The third-order valence-corrected chi connectivity index (χ3v) is 7.52. The molecule has 0 saturated carbocycles. The summed E-state index contributed by atoms with van der Waals surface area (Å²) >= 11 is 6.82. The lowest BCUT2D eigenvalue weighted by molar-refractivity contribution is -0.122. The van der Waals surface area contributed by atoms with Crippen LogP contribution in [0.1, 0.15) is 23.6 Å². The van der Waals surface area contributed by atoms with E-state index < -0.39 is 0 Å². The number of thioether (sulfide) groups is 1. The van der Waals surface area contributed by atoms with Crippen LogP contribution in [0, 0.1) is 0 Å². The second-order valence-electron chi connectivity index (χ2n) is 8.73.